The number of nitrogens with one attached hydrogen (secondary N) is 1. The van der Waals surface area contributed by atoms with Gasteiger partial charge in [-0.1, -0.05) is 175 Å². The highest BCUT2D eigenvalue weighted by Gasteiger charge is 2.19. The quantitative estimate of drug-likeness (QED) is 0.0496. The molecule has 0 spiro atoms. The number of rotatable bonds is 31. The van der Waals surface area contributed by atoms with Gasteiger partial charge >= 0.3 is 0 Å². The lowest BCUT2D eigenvalue weighted by atomic mass is 9.93. The Morgan fingerprint density at radius 1 is 0.450 bits per heavy atom. The van der Waals surface area contributed by atoms with Crippen molar-refractivity contribution in [2.24, 2.45) is 5.92 Å². The molecule has 0 aromatic heterocycles. The van der Waals surface area contributed by atoms with Crippen molar-refractivity contribution >= 4 is 11.6 Å². The Morgan fingerprint density at radius 2 is 0.650 bits per heavy atom. The van der Waals surface area contributed by atoms with Crippen molar-refractivity contribution in [2.75, 3.05) is 6.54 Å². The number of hydrogen-bond donors (Lipinski definition) is 2. The van der Waals surface area contributed by atoms with Crippen molar-refractivity contribution in [3.05, 3.63) is 0 Å². The predicted octanol–water partition coefficient (Wildman–Crippen LogP) is 11.7. The van der Waals surface area contributed by atoms with Crippen molar-refractivity contribution < 1.29 is 14.8 Å². The summed E-state index contributed by atoms with van der Waals surface area (Å²) < 4.78 is 0. The molecule has 0 aromatic rings. The van der Waals surface area contributed by atoms with Gasteiger partial charge in [0.15, 0.2) is 0 Å². The van der Waals surface area contributed by atoms with Crippen molar-refractivity contribution in [1.82, 2.24) is 5.48 Å². The first kappa shape index (κ1) is 41.4. The molecule has 0 heterocycles. The Morgan fingerprint density at radius 3 is 0.850 bits per heavy atom. The summed E-state index contributed by atoms with van der Waals surface area (Å²) in [6, 6.07) is 0. The Balaban J connectivity index is 0. The van der Waals surface area contributed by atoms with Crippen LogP contribution in [0.1, 0.15) is 207 Å². The zero-order valence-corrected chi connectivity index (χ0v) is 27.8. The van der Waals surface area contributed by atoms with Crippen molar-refractivity contribution in [1.29, 1.82) is 0 Å². The van der Waals surface area contributed by atoms with E-state index >= 15 is 0 Å². The molecular formula is C36H73NO3. The van der Waals surface area contributed by atoms with Crippen LogP contribution in [-0.4, -0.2) is 23.3 Å². The minimum atomic E-state index is -0.375. The summed E-state index contributed by atoms with van der Waals surface area (Å²) in [5.74, 6) is -0.0183. The third-order valence-corrected chi connectivity index (χ3v) is 8.18. The van der Waals surface area contributed by atoms with Gasteiger partial charge < -0.3 is 5.21 Å². The molecule has 0 bridgehead atoms. The van der Waals surface area contributed by atoms with E-state index in [4.69, 9.17) is 5.21 Å². The lowest BCUT2D eigenvalue weighted by Crippen LogP contribution is -2.20. The van der Waals surface area contributed by atoms with E-state index in [0.717, 1.165) is 25.7 Å². The van der Waals surface area contributed by atoms with Crippen molar-refractivity contribution in [2.45, 2.75) is 207 Å². The molecule has 0 fully saturated rings. The molecule has 0 rings (SSSR count). The van der Waals surface area contributed by atoms with Gasteiger partial charge in [0.2, 0.25) is 0 Å². The Labute approximate surface area is 251 Å². The molecule has 4 heteroatoms. The minimum Gasteiger partial charge on any atom is -0.317 e. The van der Waals surface area contributed by atoms with Crippen LogP contribution in [0.3, 0.4) is 0 Å². The van der Waals surface area contributed by atoms with Gasteiger partial charge in [-0.25, -0.2) is 5.48 Å². The normalized spacial score (nSPS) is 11.1. The first-order valence-corrected chi connectivity index (χ1v) is 18.0. The van der Waals surface area contributed by atoms with Crippen LogP contribution in [0, 0.1) is 5.92 Å². The van der Waals surface area contributed by atoms with Crippen LogP contribution in [0.2, 0.25) is 0 Å². The van der Waals surface area contributed by atoms with Crippen LogP contribution >= 0.6 is 0 Å². The molecule has 240 valence electrons. The molecule has 0 aliphatic rings. The monoisotopic (exact) mass is 568 g/mol. The fourth-order valence-electron chi connectivity index (χ4n) is 5.25. The van der Waals surface area contributed by atoms with Gasteiger partial charge in [0.05, 0.1) is 5.92 Å². The number of carbonyl (C=O) groups excluding carboxylic acids is 2. The number of hydroxylamine groups is 1. The van der Waals surface area contributed by atoms with Crippen LogP contribution in [0.4, 0.5) is 0 Å². The highest BCUT2D eigenvalue weighted by molar-refractivity contribution is 6.01. The van der Waals surface area contributed by atoms with Gasteiger partial charge in [-0.2, -0.15) is 0 Å². The fraction of sp³-hybridized carbons (Fsp3) is 0.944. The van der Waals surface area contributed by atoms with Crippen molar-refractivity contribution in [3.8, 4) is 0 Å². The maximum absolute atomic E-state index is 12.4. The summed E-state index contributed by atoms with van der Waals surface area (Å²) >= 11 is 0. The highest BCUT2D eigenvalue weighted by Crippen LogP contribution is 2.16. The third kappa shape index (κ3) is 33.5. The average Bonchev–Trinajstić information content (AvgIpc) is 2.97. The second-order valence-corrected chi connectivity index (χ2v) is 12.2. The van der Waals surface area contributed by atoms with E-state index in [2.05, 4.69) is 13.8 Å². The van der Waals surface area contributed by atoms with Gasteiger partial charge in [-0.3, -0.25) is 9.59 Å². The third-order valence-electron chi connectivity index (χ3n) is 8.18. The summed E-state index contributed by atoms with van der Waals surface area (Å²) in [5, 5.41) is 7.62. The number of carbonyl (C=O) groups is 2. The molecule has 0 radical (unpaired) electrons. The summed E-state index contributed by atoms with van der Waals surface area (Å²) in [6.07, 6.45) is 35.5. The number of hydrogen-bond acceptors (Lipinski definition) is 4. The molecule has 0 aliphatic carbocycles. The van der Waals surface area contributed by atoms with E-state index in [1.807, 2.05) is 19.3 Å². The van der Waals surface area contributed by atoms with E-state index in [1.54, 1.807) is 0 Å². The maximum atomic E-state index is 12.4. The van der Waals surface area contributed by atoms with Gasteiger partial charge in [0.25, 0.3) is 0 Å². The standard InChI is InChI=1S/C34H66O2.C2H7NO/c1-4-6-8-10-12-14-16-18-20-22-24-26-28-30-33(35)32(3)34(36)31-29-27-25-23-21-19-17-15-13-11-9-7-5-2;1-2-3-4/h32H,4-31H2,1-3H3;3-4H,2H2,1H3. The largest absolute Gasteiger partial charge is 0.317 e. The highest BCUT2D eigenvalue weighted by atomic mass is 16.5. The first-order chi connectivity index (χ1) is 19.5. The van der Waals surface area contributed by atoms with Gasteiger partial charge in [0, 0.05) is 19.4 Å². The minimum absolute atomic E-state index is 0.178. The molecule has 0 saturated heterocycles. The zero-order chi connectivity index (χ0) is 29.9. The summed E-state index contributed by atoms with van der Waals surface area (Å²) in [4.78, 5) is 24.8. The molecule has 0 atom stereocenters. The molecular weight excluding hydrogens is 494 g/mol. The molecule has 0 saturated carbocycles. The second kappa shape index (κ2) is 36.3. The van der Waals surface area contributed by atoms with E-state index in [9.17, 15) is 9.59 Å². The lowest BCUT2D eigenvalue weighted by Gasteiger charge is -2.10. The maximum Gasteiger partial charge on any atom is 0.143 e. The Kier molecular flexibility index (Phi) is 37.6. The van der Waals surface area contributed by atoms with Crippen molar-refractivity contribution in [3.63, 3.8) is 0 Å². The SMILES string of the molecule is CCCCCCCCCCCCCCCC(=O)C(C)C(=O)CCCCCCCCCCCCCCC.CCNO. The van der Waals surface area contributed by atoms with Crippen LogP contribution in [0.25, 0.3) is 0 Å². The lowest BCUT2D eigenvalue weighted by molar-refractivity contribution is -0.132. The molecule has 0 amide bonds. The zero-order valence-electron chi connectivity index (χ0n) is 27.8. The second-order valence-electron chi connectivity index (χ2n) is 12.2. The summed E-state index contributed by atoms with van der Waals surface area (Å²) in [7, 11) is 0. The molecule has 4 nitrogen and oxygen atoms in total. The molecule has 2 N–H and O–H groups in total. The average molecular weight is 568 g/mol. The molecule has 40 heavy (non-hydrogen) atoms. The number of Topliss-reactive ketones (excluding diaryl/α,β-unsaturated/α-hetero) is 2. The Bertz CT molecular complexity index is 464. The smallest absolute Gasteiger partial charge is 0.143 e. The van der Waals surface area contributed by atoms with Gasteiger partial charge in [-0.15, -0.1) is 0 Å². The summed E-state index contributed by atoms with van der Waals surface area (Å²) in [6.45, 7) is 8.84. The molecule has 0 aromatic carbocycles. The summed E-state index contributed by atoms with van der Waals surface area (Å²) in [5.41, 5.74) is 1.93. The van der Waals surface area contributed by atoms with Gasteiger partial charge in [0.1, 0.15) is 11.6 Å². The molecule has 0 unspecified atom stereocenters. The van der Waals surface area contributed by atoms with Crippen LogP contribution in [0.15, 0.2) is 0 Å². The van der Waals surface area contributed by atoms with E-state index < -0.39 is 0 Å². The van der Waals surface area contributed by atoms with Crippen LogP contribution < -0.4 is 5.48 Å². The van der Waals surface area contributed by atoms with E-state index in [1.165, 1.54) is 141 Å². The van der Waals surface area contributed by atoms with Crippen LogP contribution in [-0.2, 0) is 9.59 Å². The Hall–Kier alpha value is -0.740. The van der Waals surface area contributed by atoms with E-state index in [-0.39, 0.29) is 17.5 Å². The molecule has 0 aliphatic heterocycles. The van der Waals surface area contributed by atoms with E-state index in [0.29, 0.717) is 19.4 Å². The first-order valence-electron chi connectivity index (χ1n) is 18.0. The predicted molar refractivity (Wildman–Crippen MR) is 175 cm³/mol. The topological polar surface area (TPSA) is 66.4 Å². The fourth-order valence-corrected chi connectivity index (χ4v) is 5.25. The number of ketones is 2. The van der Waals surface area contributed by atoms with Crippen LogP contribution in [0.5, 0.6) is 0 Å². The number of unbranched alkanes of at least 4 members (excludes halogenated alkanes) is 24. The van der Waals surface area contributed by atoms with Gasteiger partial charge in [-0.05, 0) is 19.8 Å².